The number of hydrogen-bond donors (Lipinski definition) is 1. The largest absolute Gasteiger partial charge is 0.423 e. The van der Waals surface area contributed by atoms with Gasteiger partial charge in [0, 0.05) is 18.2 Å². The summed E-state index contributed by atoms with van der Waals surface area (Å²) in [6, 6.07) is 36.2. The summed E-state index contributed by atoms with van der Waals surface area (Å²) in [6.45, 7) is 3.01. The fourth-order valence-corrected chi connectivity index (χ4v) is 6.28. The number of aryl methyl sites for hydroxylation is 1. The highest BCUT2D eigenvalue weighted by Gasteiger charge is 2.13. The van der Waals surface area contributed by atoms with Crippen LogP contribution in [0.25, 0.3) is 10.8 Å². The molecule has 270 valence electrons. The Morgan fingerprint density at radius 1 is 0.577 bits per heavy atom. The standard InChI is InChI=1S/C33H43NO3.C13H8O2/c1-2-3-15-25-34-32(35)22-14-9-7-5-4-6-8-11-17-27-20-16-21-29-26-30(23-24-31(27)29)37-33(36)28-18-12-10-13-19-28;14-13(9-4-2-1-3-5-9)15-12-8-10-6-7-11(10)12/h10,12-13,16,18-21,23-24,26H,2-9,11,14-15,17,22,25H2,1H3,(H,34,35);1-8H. The Hall–Kier alpha value is -5.23. The van der Waals surface area contributed by atoms with Gasteiger partial charge in [0.15, 0.2) is 0 Å². The van der Waals surface area contributed by atoms with E-state index in [2.05, 4.69) is 36.5 Å². The zero-order valence-electron chi connectivity index (χ0n) is 30.4. The first kappa shape index (κ1) is 38.0. The zero-order valence-corrected chi connectivity index (χ0v) is 30.4. The van der Waals surface area contributed by atoms with Crippen LogP contribution in [0.3, 0.4) is 0 Å². The number of esters is 2. The minimum atomic E-state index is -0.334. The maximum absolute atomic E-state index is 12.4. The van der Waals surface area contributed by atoms with Crippen molar-refractivity contribution in [2.45, 2.75) is 90.4 Å². The van der Waals surface area contributed by atoms with Gasteiger partial charge in [-0.2, -0.15) is 0 Å². The van der Waals surface area contributed by atoms with Gasteiger partial charge in [0.1, 0.15) is 11.5 Å². The maximum Gasteiger partial charge on any atom is 0.343 e. The van der Waals surface area contributed by atoms with Crippen molar-refractivity contribution in [3.8, 4) is 11.5 Å². The van der Waals surface area contributed by atoms with Crippen LogP contribution in [-0.2, 0) is 11.2 Å². The first-order valence-corrected chi connectivity index (χ1v) is 19.0. The van der Waals surface area contributed by atoms with Gasteiger partial charge in [0.05, 0.1) is 11.1 Å². The molecule has 6 rings (SSSR count). The molecule has 4 aromatic carbocycles. The van der Waals surface area contributed by atoms with E-state index in [1.54, 1.807) is 24.3 Å². The van der Waals surface area contributed by atoms with Crippen LogP contribution in [0.2, 0.25) is 0 Å². The van der Waals surface area contributed by atoms with Gasteiger partial charge in [-0.05, 0) is 89.7 Å². The van der Waals surface area contributed by atoms with E-state index in [0.717, 1.165) is 42.8 Å². The Morgan fingerprint density at radius 2 is 1.23 bits per heavy atom. The molecule has 6 nitrogen and oxygen atoms in total. The van der Waals surface area contributed by atoms with Crippen LogP contribution in [0.15, 0.2) is 115 Å². The summed E-state index contributed by atoms with van der Waals surface area (Å²) >= 11 is 0. The van der Waals surface area contributed by atoms with Gasteiger partial charge >= 0.3 is 11.9 Å². The van der Waals surface area contributed by atoms with Gasteiger partial charge in [-0.1, -0.05) is 131 Å². The van der Waals surface area contributed by atoms with E-state index in [-0.39, 0.29) is 17.8 Å². The molecule has 4 aromatic rings. The molecule has 6 heteroatoms. The number of nitrogens with one attached hydrogen (secondary N) is 1. The summed E-state index contributed by atoms with van der Waals surface area (Å²) in [4.78, 5) is 35.8. The molecule has 0 aliphatic heterocycles. The first-order valence-electron chi connectivity index (χ1n) is 19.0. The van der Waals surface area contributed by atoms with Crippen LogP contribution < -0.4 is 14.8 Å². The number of amides is 1. The number of carbonyl (C=O) groups is 3. The highest BCUT2D eigenvalue weighted by molar-refractivity contribution is 5.93. The lowest BCUT2D eigenvalue weighted by Crippen LogP contribution is -2.23. The van der Waals surface area contributed by atoms with Crippen molar-refractivity contribution >= 4 is 28.6 Å². The lowest BCUT2D eigenvalue weighted by Gasteiger charge is -2.11. The fourth-order valence-electron chi connectivity index (χ4n) is 6.28. The second kappa shape index (κ2) is 20.6. The molecule has 2 aliphatic carbocycles. The Kier molecular flexibility index (Phi) is 15.0. The molecule has 1 amide bonds. The molecular formula is C46H51NO5. The number of carbonyl (C=O) groups excluding carboxylic acids is 3. The molecule has 0 saturated carbocycles. The summed E-state index contributed by atoms with van der Waals surface area (Å²) in [5, 5.41) is 7.59. The summed E-state index contributed by atoms with van der Waals surface area (Å²) in [5.74, 6) is 0.842. The predicted molar refractivity (Wildman–Crippen MR) is 209 cm³/mol. The highest BCUT2D eigenvalue weighted by Crippen LogP contribution is 2.27. The molecule has 0 saturated heterocycles. The smallest absolute Gasteiger partial charge is 0.343 e. The average molecular weight is 698 g/mol. The van der Waals surface area contributed by atoms with Crippen molar-refractivity contribution in [1.29, 1.82) is 0 Å². The first-order chi connectivity index (χ1) is 25.5. The summed E-state index contributed by atoms with van der Waals surface area (Å²) in [6.07, 6.45) is 14.8. The number of hydrogen-bond acceptors (Lipinski definition) is 5. The van der Waals surface area contributed by atoms with E-state index in [4.69, 9.17) is 9.47 Å². The van der Waals surface area contributed by atoms with Gasteiger partial charge in [0.25, 0.3) is 0 Å². The minimum absolute atomic E-state index is 0.217. The van der Waals surface area contributed by atoms with Crippen molar-refractivity contribution in [2.24, 2.45) is 0 Å². The summed E-state index contributed by atoms with van der Waals surface area (Å²) in [7, 11) is 0. The van der Waals surface area contributed by atoms with Crippen molar-refractivity contribution in [3.63, 3.8) is 0 Å². The Balaban J connectivity index is 0.000000286. The van der Waals surface area contributed by atoms with Gasteiger partial charge in [0.2, 0.25) is 5.91 Å². The minimum Gasteiger partial charge on any atom is -0.423 e. The molecule has 0 spiro atoms. The average Bonchev–Trinajstić information content (AvgIpc) is 3.16. The monoisotopic (exact) mass is 697 g/mol. The van der Waals surface area contributed by atoms with Crippen LogP contribution in [0, 0.1) is 10.4 Å². The van der Waals surface area contributed by atoms with Crippen molar-refractivity contribution < 1.29 is 23.9 Å². The third kappa shape index (κ3) is 11.7. The van der Waals surface area contributed by atoms with E-state index in [1.165, 1.54) is 67.5 Å². The van der Waals surface area contributed by atoms with E-state index in [0.29, 0.717) is 29.0 Å². The van der Waals surface area contributed by atoms with Gasteiger partial charge in [-0.3, -0.25) is 4.79 Å². The van der Waals surface area contributed by atoms with Crippen LogP contribution in [0.5, 0.6) is 11.5 Å². The number of unbranched alkanes of at least 4 members (excludes halogenated alkanes) is 9. The molecule has 0 unspecified atom stereocenters. The van der Waals surface area contributed by atoms with Crippen molar-refractivity contribution in [1.82, 2.24) is 5.32 Å². The van der Waals surface area contributed by atoms with Crippen LogP contribution >= 0.6 is 0 Å². The lowest BCUT2D eigenvalue weighted by molar-refractivity contribution is -0.121. The topological polar surface area (TPSA) is 81.7 Å². The van der Waals surface area contributed by atoms with Crippen LogP contribution in [-0.4, -0.2) is 24.4 Å². The second-order valence-electron chi connectivity index (χ2n) is 13.4. The molecule has 1 N–H and O–H groups in total. The van der Waals surface area contributed by atoms with E-state index in [9.17, 15) is 14.4 Å². The molecule has 0 aromatic heterocycles. The highest BCUT2D eigenvalue weighted by atomic mass is 16.5. The Bertz CT molecular complexity index is 1990. The SMILES string of the molecule is CCCCCNC(=O)CCCCCCCCCCc1cccc2cc(OC(=O)c3ccccc3)ccc12.O=C(Oc1cc2ccc1=2)c1ccccc1. The van der Waals surface area contributed by atoms with E-state index in [1.807, 2.05) is 66.7 Å². The van der Waals surface area contributed by atoms with E-state index < -0.39 is 0 Å². The molecule has 0 fully saturated rings. The second-order valence-corrected chi connectivity index (χ2v) is 13.4. The van der Waals surface area contributed by atoms with Crippen molar-refractivity contribution in [3.05, 3.63) is 142 Å². The van der Waals surface area contributed by atoms with Crippen LogP contribution in [0.1, 0.15) is 110 Å². The zero-order chi connectivity index (χ0) is 36.4. The molecule has 52 heavy (non-hydrogen) atoms. The number of fused-ring (bicyclic) bond motifs is 1. The quantitative estimate of drug-likeness (QED) is 0.0517. The van der Waals surface area contributed by atoms with Crippen LogP contribution in [0.4, 0.5) is 0 Å². The molecule has 0 radical (unpaired) electrons. The van der Waals surface area contributed by atoms with Gasteiger partial charge in [-0.25, -0.2) is 9.59 Å². The summed E-state index contributed by atoms with van der Waals surface area (Å²) < 4.78 is 10.8. The Labute approximate surface area is 307 Å². The number of rotatable bonds is 19. The third-order valence-corrected chi connectivity index (χ3v) is 9.37. The van der Waals surface area contributed by atoms with Gasteiger partial charge in [-0.15, -0.1) is 0 Å². The molecular weight excluding hydrogens is 647 g/mol. The maximum atomic E-state index is 12.4. The number of ether oxygens (including phenoxy) is 2. The normalized spacial score (nSPS) is 10.9. The Morgan fingerprint density at radius 3 is 1.85 bits per heavy atom. The molecule has 0 atom stereocenters. The van der Waals surface area contributed by atoms with Gasteiger partial charge < -0.3 is 14.8 Å². The fraction of sp³-hybridized carbons (Fsp3) is 0.326. The van der Waals surface area contributed by atoms with Crippen molar-refractivity contribution in [2.75, 3.05) is 6.54 Å². The predicted octanol–water partition coefficient (Wildman–Crippen LogP) is 10.9. The molecule has 0 bridgehead atoms. The molecule has 2 aliphatic rings. The van der Waals surface area contributed by atoms with E-state index >= 15 is 0 Å². The molecule has 0 heterocycles. The number of benzene rings is 5. The lowest BCUT2D eigenvalue weighted by atomic mass is 9.98. The summed E-state index contributed by atoms with van der Waals surface area (Å²) in [5.41, 5.74) is 2.49. The third-order valence-electron chi connectivity index (χ3n) is 9.37.